The highest BCUT2D eigenvalue weighted by Gasteiger charge is 2.29. The third kappa shape index (κ3) is 6.07. The highest BCUT2D eigenvalue weighted by Crippen LogP contribution is 2.32. The molecule has 0 saturated carbocycles. The normalized spacial score (nSPS) is 12.1. The Balaban J connectivity index is 1.94. The van der Waals surface area contributed by atoms with Crippen molar-refractivity contribution in [1.29, 1.82) is 0 Å². The average molecular weight is 517 g/mol. The molecule has 0 radical (unpaired) electrons. The summed E-state index contributed by atoms with van der Waals surface area (Å²) in [6.07, 6.45) is 0. The Kier molecular flexibility index (Phi) is 8.30. The Labute approximate surface area is 211 Å². The van der Waals surface area contributed by atoms with Gasteiger partial charge in [0.25, 0.3) is 10.0 Å². The Morgan fingerprint density at radius 1 is 0.971 bits per heavy atom. The number of nitrogens with zero attached hydrogens (tertiary/aromatic N) is 1. The lowest BCUT2D eigenvalue weighted by atomic mass is 10.0. The highest BCUT2D eigenvalue weighted by molar-refractivity contribution is 7.92. The van der Waals surface area contributed by atoms with E-state index in [0.717, 1.165) is 21.0 Å². The van der Waals surface area contributed by atoms with Gasteiger partial charge in [-0.3, -0.25) is 9.10 Å². The molecule has 0 aliphatic carbocycles. The summed E-state index contributed by atoms with van der Waals surface area (Å²) in [6.45, 7) is 5.42. The third-order valence-electron chi connectivity index (χ3n) is 5.61. The predicted molar refractivity (Wildman–Crippen MR) is 138 cm³/mol. The number of benzene rings is 3. The first-order valence-corrected chi connectivity index (χ1v) is 12.8. The number of anilines is 1. The summed E-state index contributed by atoms with van der Waals surface area (Å²) in [6, 6.07) is 16.2. The molecule has 3 rings (SSSR count). The summed E-state index contributed by atoms with van der Waals surface area (Å²) in [5, 5.41) is 3.37. The van der Waals surface area contributed by atoms with Crippen molar-refractivity contribution >= 4 is 33.2 Å². The van der Waals surface area contributed by atoms with Crippen molar-refractivity contribution in [3.8, 4) is 11.5 Å². The summed E-state index contributed by atoms with van der Waals surface area (Å²) in [7, 11) is -1.25. The van der Waals surface area contributed by atoms with E-state index in [4.69, 9.17) is 21.1 Å². The van der Waals surface area contributed by atoms with Gasteiger partial charge in [-0.2, -0.15) is 0 Å². The number of rotatable bonds is 9. The number of methoxy groups -OCH3 is 2. The van der Waals surface area contributed by atoms with Crippen molar-refractivity contribution in [2.24, 2.45) is 0 Å². The molecule has 0 unspecified atom stereocenters. The zero-order chi connectivity index (χ0) is 25.8. The lowest BCUT2D eigenvalue weighted by Gasteiger charge is -2.26. The maximum absolute atomic E-state index is 13.7. The first-order valence-electron chi connectivity index (χ1n) is 10.9. The van der Waals surface area contributed by atoms with Gasteiger partial charge in [0.15, 0.2) is 11.5 Å². The van der Waals surface area contributed by atoms with Crippen molar-refractivity contribution in [2.75, 3.05) is 25.1 Å². The summed E-state index contributed by atoms with van der Waals surface area (Å²) in [4.78, 5) is 13.0. The molecule has 35 heavy (non-hydrogen) atoms. The van der Waals surface area contributed by atoms with E-state index in [0.29, 0.717) is 16.5 Å². The molecule has 186 valence electrons. The number of sulfonamides is 1. The molecule has 0 bridgehead atoms. The van der Waals surface area contributed by atoms with Gasteiger partial charge in [0, 0.05) is 11.1 Å². The molecule has 9 heteroatoms. The monoisotopic (exact) mass is 516 g/mol. The fraction of sp³-hybridized carbons (Fsp3) is 0.269. The Morgan fingerprint density at radius 2 is 1.63 bits per heavy atom. The molecule has 7 nitrogen and oxygen atoms in total. The molecule has 0 aliphatic rings. The first-order chi connectivity index (χ1) is 16.6. The van der Waals surface area contributed by atoms with Crippen LogP contribution in [0.25, 0.3) is 0 Å². The minimum atomic E-state index is -4.14. The van der Waals surface area contributed by atoms with Crippen LogP contribution in [0.15, 0.2) is 65.6 Å². The van der Waals surface area contributed by atoms with Crippen LogP contribution in [0.5, 0.6) is 11.5 Å². The second kappa shape index (κ2) is 11.0. The molecule has 0 aromatic heterocycles. The summed E-state index contributed by atoms with van der Waals surface area (Å²) in [5.41, 5.74) is 3.44. The maximum atomic E-state index is 13.7. The molecule has 0 saturated heterocycles. The number of amides is 1. The minimum absolute atomic E-state index is 0.0414. The minimum Gasteiger partial charge on any atom is -0.493 e. The topological polar surface area (TPSA) is 84.9 Å². The zero-order valence-corrected chi connectivity index (χ0v) is 21.9. The van der Waals surface area contributed by atoms with Crippen molar-refractivity contribution < 1.29 is 22.7 Å². The second-order valence-corrected chi connectivity index (χ2v) is 10.5. The Bertz CT molecular complexity index is 1310. The SMILES string of the molecule is COc1ccc(S(=O)(=O)N(CC(=O)N[C@@H](C)c2ccc(C)cc2C)c2ccc(Cl)cc2)cc1OC. The number of nitrogens with one attached hydrogen (secondary N) is 1. The molecule has 0 aliphatic heterocycles. The molecule has 3 aromatic rings. The summed E-state index contributed by atoms with van der Waals surface area (Å²) < 4.78 is 38.9. The number of halogens is 1. The number of hydrogen-bond donors (Lipinski definition) is 1. The molecule has 0 spiro atoms. The van der Waals surface area contributed by atoms with Gasteiger partial charge in [-0.1, -0.05) is 35.4 Å². The predicted octanol–water partition coefficient (Wildman–Crippen LogP) is 5.05. The fourth-order valence-corrected chi connectivity index (χ4v) is 5.40. The van der Waals surface area contributed by atoms with Crippen LogP contribution in [-0.4, -0.2) is 35.1 Å². The van der Waals surface area contributed by atoms with Gasteiger partial charge < -0.3 is 14.8 Å². The Morgan fingerprint density at radius 3 is 2.23 bits per heavy atom. The first kappa shape index (κ1) is 26.4. The van der Waals surface area contributed by atoms with Gasteiger partial charge >= 0.3 is 0 Å². The average Bonchev–Trinajstić information content (AvgIpc) is 2.82. The standard InChI is InChI=1S/C26H29ClN2O5S/c1-17-6-12-23(18(2)14-17)19(3)28-26(30)16-29(21-9-7-20(27)8-10-21)35(31,32)22-11-13-24(33-4)25(15-22)34-5/h6-15,19H,16H2,1-5H3,(H,28,30)/t19-/m0/s1. The van der Waals surface area contributed by atoms with Crippen LogP contribution in [0.4, 0.5) is 5.69 Å². The van der Waals surface area contributed by atoms with Crippen LogP contribution in [0.3, 0.4) is 0 Å². The number of ether oxygens (including phenoxy) is 2. The lowest BCUT2D eigenvalue weighted by Crippen LogP contribution is -2.41. The molecule has 0 fully saturated rings. The molecule has 1 N–H and O–H groups in total. The second-order valence-electron chi connectivity index (χ2n) is 8.15. The smallest absolute Gasteiger partial charge is 0.264 e. The van der Waals surface area contributed by atoms with E-state index in [-0.39, 0.29) is 16.7 Å². The summed E-state index contributed by atoms with van der Waals surface area (Å²) in [5.74, 6) is 0.207. The van der Waals surface area contributed by atoms with Gasteiger partial charge in [0.05, 0.1) is 30.8 Å². The zero-order valence-electron chi connectivity index (χ0n) is 20.3. The van der Waals surface area contributed by atoms with Crippen molar-refractivity contribution in [3.05, 3.63) is 82.4 Å². The number of carbonyl (C=O) groups is 1. The quantitative estimate of drug-likeness (QED) is 0.430. The van der Waals surface area contributed by atoms with E-state index < -0.39 is 22.5 Å². The van der Waals surface area contributed by atoms with E-state index in [9.17, 15) is 13.2 Å². The lowest BCUT2D eigenvalue weighted by molar-refractivity contribution is -0.120. The molecule has 1 amide bonds. The maximum Gasteiger partial charge on any atom is 0.264 e. The molecule has 1 atom stereocenters. The van der Waals surface area contributed by atoms with E-state index in [1.165, 1.54) is 32.4 Å². The van der Waals surface area contributed by atoms with Gasteiger partial charge in [-0.05, 0) is 68.3 Å². The van der Waals surface area contributed by atoms with E-state index in [2.05, 4.69) is 5.32 Å². The van der Waals surface area contributed by atoms with Gasteiger partial charge in [0.2, 0.25) is 5.91 Å². The fourth-order valence-electron chi connectivity index (χ4n) is 3.83. The van der Waals surface area contributed by atoms with Gasteiger partial charge in [0.1, 0.15) is 6.54 Å². The molecule has 0 heterocycles. The van der Waals surface area contributed by atoms with E-state index in [1.54, 1.807) is 24.3 Å². The largest absolute Gasteiger partial charge is 0.493 e. The Hall–Kier alpha value is -3.23. The van der Waals surface area contributed by atoms with Gasteiger partial charge in [-0.15, -0.1) is 0 Å². The van der Waals surface area contributed by atoms with Gasteiger partial charge in [-0.25, -0.2) is 8.42 Å². The number of hydrogen-bond acceptors (Lipinski definition) is 5. The van der Waals surface area contributed by atoms with Crippen molar-refractivity contribution in [2.45, 2.75) is 31.7 Å². The molecule has 3 aromatic carbocycles. The van der Waals surface area contributed by atoms with Crippen LogP contribution in [0.1, 0.15) is 29.7 Å². The van der Waals surface area contributed by atoms with Crippen LogP contribution >= 0.6 is 11.6 Å². The van der Waals surface area contributed by atoms with Crippen molar-refractivity contribution in [1.82, 2.24) is 5.32 Å². The third-order valence-corrected chi connectivity index (χ3v) is 7.64. The summed E-state index contributed by atoms with van der Waals surface area (Å²) >= 11 is 6.01. The van der Waals surface area contributed by atoms with E-state index >= 15 is 0 Å². The highest BCUT2D eigenvalue weighted by atomic mass is 35.5. The van der Waals surface area contributed by atoms with Crippen LogP contribution in [0, 0.1) is 13.8 Å². The van der Waals surface area contributed by atoms with Crippen LogP contribution in [-0.2, 0) is 14.8 Å². The van der Waals surface area contributed by atoms with E-state index in [1.807, 2.05) is 39.0 Å². The number of carbonyl (C=O) groups excluding carboxylic acids is 1. The van der Waals surface area contributed by atoms with Crippen molar-refractivity contribution in [3.63, 3.8) is 0 Å². The van der Waals surface area contributed by atoms with Crippen LogP contribution < -0.4 is 19.1 Å². The van der Waals surface area contributed by atoms with Crippen LogP contribution in [0.2, 0.25) is 5.02 Å². The molecular formula is C26H29ClN2O5S. The number of aryl methyl sites for hydroxylation is 2. The molecular weight excluding hydrogens is 488 g/mol.